The van der Waals surface area contributed by atoms with Crippen molar-refractivity contribution in [2.45, 2.75) is 6.92 Å². The second kappa shape index (κ2) is 9.86. The van der Waals surface area contributed by atoms with E-state index in [4.69, 9.17) is 0 Å². The molecule has 0 saturated heterocycles. The number of thiophene rings is 1. The summed E-state index contributed by atoms with van der Waals surface area (Å²) in [7, 11) is 3.68. The highest BCUT2D eigenvalue weighted by molar-refractivity contribution is 7.17. The predicted octanol–water partition coefficient (Wildman–Crippen LogP) is 4.99. The number of hydrogen-bond donors (Lipinski definition) is 3. The molecular weight excluding hydrogens is 512 g/mol. The van der Waals surface area contributed by atoms with Crippen LogP contribution in [0.2, 0.25) is 0 Å². The molecule has 0 spiro atoms. The Hall–Kier alpha value is -4.74. The van der Waals surface area contributed by atoms with E-state index in [1.54, 1.807) is 36.6 Å². The van der Waals surface area contributed by atoms with Crippen LogP contribution in [-0.2, 0) is 4.79 Å². The average Bonchev–Trinajstić information content (AvgIpc) is 3.65. The molecular formula is C28H24N8O2S. The van der Waals surface area contributed by atoms with E-state index in [1.165, 1.54) is 11.3 Å². The van der Waals surface area contributed by atoms with Crippen LogP contribution in [0, 0.1) is 0 Å². The zero-order valence-corrected chi connectivity index (χ0v) is 22.3. The molecule has 0 atom stereocenters. The van der Waals surface area contributed by atoms with Crippen molar-refractivity contribution in [2.75, 3.05) is 26.0 Å². The highest BCUT2D eigenvalue weighted by Gasteiger charge is 2.17. The third-order valence-electron chi connectivity index (χ3n) is 6.24. The molecule has 0 aliphatic heterocycles. The van der Waals surface area contributed by atoms with Gasteiger partial charge in [0.1, 0.15) is 5.65 Å². The first-order chi connectivity index (χ1) is 18.9. The van der Waals surface area contributed by atoms with E-state index in [9.17, 15) is 9.59 Å². The molecule has 6 heterocycles. The van der Waals surface area contributed by atoms with Crippen LogP contribution >= 0.6 is 11.3 Å². The number of pyridine rings is 3. The largest absolute Gasteiger partial charge is 0.338 e. The van der Waals surface area contributed by atoms with Crippen molar-refractivity contribution >= 4 is 50.8 Å². The molecule has 194 valence electrons. The van der Waals surface area contributed by atoms with Crippen molar-refractivity contribution in [3.8, 4) is 33.0 Å². The van der Waals surface area contributed by atoms with Gasteiger partial charge in [-0.1, -0.05) is 0 Å². The van der Waals surface area contributed by atoms with Crippen molar-refractivity contribution in [2.24, 2.45) is 0 Å². The van der Waals surface area contributed by atoms with Gasteiger partial charge in [0, 0.05) is 50.9 Å². The normalized spacial score (nSPS) is 11.5. The topological polar surface area (TPSA) is 133 Å². The second-order valence-electron chi connectivity index (χ2n) is 9.47. The van der Waals surface area contributed by atoms with E-state index in [2.05, 4.69) is 35.5 Å². The zero-order chi connectivity index (χ0) is 27.1. The number of nitrogens with one attached hydrogen (secondary N) is 3. The van der Waals surface area contributed by atoms with Crippen LogP contribution in [0.5, 0.6) is 0 Å². The van der Waals surface area contributed by atoms with Gasteiger partial charge in [-0.3, -0.25) is 19.7 Å². The first-order valence-electron chi connectivity index (χ1n) is 12.2. The summed E-state index contributed by atoms with van der Waals surface area (Å²) in [6.07, 6.45) is 6.85. The van der Waals surface area contributed by atoms with Gasteiger partial charge in [-0.15, -0.1) is 11.3 Å². The van der Waals surface area contributed by atoms with Crippen LogP contribution in [0.1, 0.15) is 16.6 Å². The number of likely N-dealkylation sites (N-methyl/N-ethyl adjacent to an activating group) is 1. The SMILES string of the molecule is CC(=O)c1ccc(-c2ccnc3[nH]c(-c4[nH]nc5ncc(-c6cncc(NC(=O)CN(C)C)c6)cc45)cc23)s1. The molecule has 6 rings (SSSR count). The van der Waals surface area contributed by atoms with Gasteiger partial charge >= 0.3 is 0 Å². The van der Waals surface area contributed by atoms with Crippen molar-refractivity contribution in [3.05, 3.63) is 66.1 Å². The lowest BCUT2D eigenvalue weighted by molar-refractivity contribution is -0.116. The molecule has 11 heteroatoms. The maximum atomic E-state index is 12.2. The summed E-state index contributed by atoms with van der Waals surface area (Å²) in [5, 5.41) is 12.2. The summed E-state index contributed by atoms with van der Waals surface area (Å²) in [6, 6.07) is 11.7. The molecule has 0 saturated carbocycles. The zero-order valence-electron chi connectivity index (χ0n) is 21.4. The van der Waals surface area contributed by atoms with E-state index in [-0.39, 0.29) is 18.2 Å². The van der Waals surface area contributed by atoms with Gasteiger partial charge in [-0.05, 0) is 57.4 Å². The number of rotatable bonds is 7. The first-order valence-corrected chi connectivity index (χ1v) is 13.0. The molecule has 0 unspecified atom stereocenters. The molecule has 1 amide bonds. The highest BCUT2D eigenvalue weighted by atomic mass is 32.1. The molecule has 6 aromatic heterocycles. The number of aromatic nitrogens is 6. The third-order valence-corrected chi connectivity index (χ3v) is 7.46. The van der Waals surface area contributed by atoms with E-state index in [0.717, 1.165) is 54.3 Å². The second-order valence-corrected chi connectivity index (χ2v) is 10.5. The van der Waals surface area contributed by atoms with Crippen molar-refractivity contribution in [3.63, 3.8) is 0 Å². The van der Waals surface area contributed by atoms with Gasteiger partial charge in [-0.25, -0.2) is 9.97 Å². The van der Waals surface area contributed by atoms with Crippen molar-refractivity contribution in [1.29, 1.82) is 0 Å². The summed E-state index contributed by atoms with van der Waals surface area (Å²) in [6.45, 7) is 1.85. The Balaban J connectivity index is 1.37. The minimum absolute atomic E-state index is 0.0511. The molecule has 0 aromatic carbocycles. The van der Waals surface area contributed by atoms with Crippen LogP contribution in [0.25, 0.3) is 55.0 Å². The molecule has 0 fully saturated rings. The van der Waals surface area contributed by atoms with E-state index < -0.39 is 0 Å². The molecule has 10 nitrogen and oxygen atoms in total. The number of aromatic amines is 2. The number of H-pyrrole nitrogens is 2. The maximum absolute atomic E-state index is 12.2. The summed E-state index contributed by atoms with van der Waals surface area (Å²) in [4.78, 5) is 44.3. The van der Waals surface area contributed by atoms with Gasteiger partial charge in [0.15, 0.2) is 11.4 Å². The number of hydrogen-bond acceptors (Lipinski definition) is 8. The average molecular weight is 537 g/mol. The Morgan fingerprint density at radius 2 is 1.85 bits per heavy atom. The number of anilines is 1. The van der Waals surface area contributed by atoms with Crippen LogP contribution in [0.15, 0.2) is 61.2 Å². The maximum Gasteiger partial charge on any atom is 0.238 e. The summed E-state index contributed by atoms with van der Waals surface area (Å²) in [5.41, 5.74) is 6.18. The number of carbonyl (C=O) groups excluding carboxylic acids is 2. The minimum Gasteiger partial charge on any atom is -0.338 e. The van der Waals surface area contributed by atoms with Gasteiger partial charge in [0.05, 0.1) is 34.7 Å². The number of Topliss-reactive ketones (excluding diaryl/α,β-unsaturated/α-hetero) is 1. The smallest absolute Gasteiger partial charge is 0.238 e. The van der Waals surface area contributed by atoms with Gasteiger partial charge in [-0.2, -0.15) is 5.10 Å². The molecule has 0 radical (unpaired) electrons. The fourth-order valence-corrected chi connectivity index (χ4v) is 5.41. The summed E-state index contributed by atoms with van der Waals surface area (Å²) < 4.78 is 0. The van der Waals surface area contributed by atoms with E-state index in [0.29, 0.717) is 11.3 Å². The van der Waals surface area contributed by atoms with Crippen LogP contribution in [0.3, 0.4) is 0 Å². The lowest BCUT2D eigenvalue weighted by Gasteiger charge is -2.10. The number of ketones is 1. The lowest BCUT2D eigenvalue weighted by Crippen LogP contribution is -2.27. The lowest BCUT2D eigenvalue weighted by atomic mass is 10.1. The highest BCUT2D eigenvalue weighted by Crippen LogP contribution is 2.36. The van der Waals surface area contributed by atoms with Crippen molar-refractivity contribution in [1.82, 2.24) is 35.0 Å². The number of nitrogens with zero attached hydrogens (tertiary/aromatic N) is 5. The van der Waals surface area contributed by atoms with Crippen LogP contribution in [-0.4, -0.2) is 67.4 Å². The first kappa shape index (κ1) is 24.6. The monoisotopic (exact) mass is 536 g/mol. The molecule has 0 aliphatic rings. The minimum atomic E-state index is -0.114. The molecule has 0 aliphatic carbocycles. The summed E-state index contributed by atoms with van der Waals surface area (Å²) in [5.74, 6) is -0.0632. The third kappa shape index (κ3) is 4.80. The van der Waals surface area contributed by atoms with Crippen LogP contribution in [0.4, 0.5) is 5.69 Å². The molecule has 6 aromatic rings. The van der Waals surface area contributed by atoms with Gasteiger partial charge in [0.25, 0.3) is 0 Å². The van der Waals surface area contributed by atoms with Crippen LogP contribution < -0.4 is 5.32 Å². The molecule has 3 N–H and O–H groups in total. The summed E-state index contributed by atoms with van der Waals surface area (Å²) >= 11 is 1.47. The van der Waals surface area contributed by atoms with E-state index >= 15 is 0 Å². The Bertz CT molecular complexity index is 1870. The standard InChI is InChI=1S/C28H24N8O2S/c1-15(37)23-4-5-24(39-23)19-6-7-30-27-20(19)10-22(33-27)26-21-9-17(12-31-28(21)35-34-26)16-8-18(13-29-11-16)32-25(38)14-36(2)3/h4-13H,14H2,1-3H3,(H,30,33)(H,32,38)(H,31,34,35). The van der Waals surface area contributed by atoms with Gasteiger partial charge in [0.2, 0.25) is 5.91 Å². The fourth-order valence-electron chi connectivity index (χ4n) is 4.47. The number of carbonyl (C=O) groups is 2. The fraction of sp³-hybridized carbons (Fsp3) is 0.143. The molecule has 39 heavy (non-hydrogen) atoms. The Morgan fingerprint density at radius 3 is 2.64 bits per heavy atom. The van der Waals surface area contributed by atoms with Gasteiger partial charge < -0.3 is 15.2 Å². The Morgan fingerprint density at radius 1 is 1.00 bits per heavy atom. The number of amides is 1. The number of fused-ring (bicyclic) bond motifs is 2. The van der Waals surface area contributed by atoms with E-state index in [1.807, 2.05) is 50.5 Å². The Labute approximate surface area is 227 Å². The molecule has 0 bridgehead atoms. The predicted molar refractivity (Wildman–Crippen MR) is 153 cm³/mol. The van der Waals surface area contributed by atoms with Crippen molar-refractivity contribution < 1.29 is 9.59 Å². The quantitative estimate of drug-likeness (QED) is 0.245. The Kier molecular flexibility index (Phi) is 6.21.